The molecule has 3 N–H and O–H groups in total. The Bertz CT molecular complexity index is 600. The smallest absolute Gasteiger partial charge is 0.351 e. The first-order valence-corrected chi connectivity index (χ1v) is 5.80. The number of carbonyl (C=O) groups is 1. The SMILES string of the molecule is C[C@]12C(=O)OC[C@H]1O[C@@H](n1ccc(N)nc1=O)C2O. The summed E-state index contributed by atoms with van der Waals surface area (Å²) in [6.45, 7) is 1.63. The van der Waals surface area contributed by atoms with Gasteiger partial charge in [0, 0.05) is 6.20 Å². The van der Waals surface area contributed by atoms with E-state index >= 15 is 0 Å². The molecule has 4 atom stereocenters. The predicted molar refractivity (Wildman–Crippen MR) is 61.9 cm³/mol. The third kappa shape index (κ3) is 1.50. The summed E-state index contributed by atoms with van der Waals surface area (Å²) in [5.41, 5.74) is 3.60. The van der Waals surface area contributed by atoms with E-state index in [9.17, 15) is 14.7 Å². The van der Waals surface area contributed by atoms with Crippen LogP contribution >= 0.6 is 0 Å². The molecular weight excluding hydrogens is 254 g/mol. The van der Waals surface area contributed by atoms with Gasteiger partial charge < -0.3 is 20.3 Å². The molecule has 3 rings (SSSR count). The maximum Gasteiger partial charge on any atom is 0.351 e. The number of ether oxygens (including phenoxy) is 2. The highest BCUT2D eigenvalue weighted by atomic mass is 16.6. The predicted octanol–water partition coefficient (Wildman–Crippen LogP) is -1.35. The molecule has 8 nitrogen and oxygen atoms in total. The van der Waals surface area contributed by atoms with E-state index in [0.29, 0.717) is 0 Å². The zero-order chi connectivity index (χ0) is 13.8. The van der Waals surface area contributed by atoms with Crippen LogP contribution in [0.15, 0.2) is 17.1 Å². The quantitative estimate of drug-likeness (QED) is 0.604. The minimum absolute atomic E-state index is 0.0695. The second-order valence-corrected chi connectivity index (χ2v) is 4.88. The molecule has 2 aliphatic rings. The van der Waals surface area contributed by atoms with Crippen LogP contribution in [0.3, 0.4) is 0 Å². The average Bonchev–Trinajstić information content (AvgIpc) is 2.77. The molecule has 0 amide bonds. The molecule has 8 heteroatoms. The number of fused-ring (bicyclic) bond motifs is 1. The van der Waals surface area contributed by atoms with E-state index in [0.717, 1.165) is 4.57 Å². The van der Waals surface area contributed by atoms with Crippen molar-refractivity contribution < 1.29 is 19.4 Å². The molecule has 2 saturated heterocycles. The van der Waals surface area contributed by atoms with Gasteiger partial charge in [-0.2, -0.15) is 4.98 Å². The standard InChI is InChI=1S/C11H13N3O5/c1-11-5(4-18-9(11)16)19-8(7(11)15)14-3-2-6(12)13-10(14)17/h2-3,5,7-8,15H,4H2,1H3,(H2,12,13,17)/t5-,7?,8-,11+/m1/s1. The number of cyclic esters (lactones) is 1. The summed E-state index contributed by atoms with van der Waals surface area (Å²) >= 11 is 0. The van der Waals surface area contributed by atoms with Crippen LogP contribution < -0.4 is 11.4 Å². The number of hydrogen-bond donors (Lipinski definition) is 2. The molecule has 1 aromatic heterocycles. The van der Waals surface area contributed by atoms with Gasteiger partial charge in [0.05, 0.1) is 0 Å². The van der Waals surface area contributed by atoms with Gasteiger partial charge in [0.25, 0.3) is 0 Å². The lowest BCUT2D eigenvalue weighted by Gasteiger charge is -2.23. The number of rotatable bonds is 1. The van der Waals surface area contributed by atoms with Gasteiger partial charge in [-0.25, -0.2) is 4.79 Å². The van der Waals surface area contributed by atoms with Gasteiger partial charge in [0.2, 0.25) is 0 Å². The topological polar surface area (TPSA) is 117 Å². The van der Waals surface area contributed by atoms with Crippen molar-refractivity contribution in [2.45, 2.75) is 25.4 Å². The normalized spacial score (nSPS) is 37.2. The molecule has 0 saturated carbocycles. The number of anilines is 1. The zero-order valence-corrected chi connectivity index (χ0v) is 10.1. The summed E-state index contributed by atoms with van der Waals surface area (Å²) in [7, 11) is 0. The van der Waals surface area contributed by atoms with Crippen LogP contribution in [0.2, 0.25) is 0 Å². The Kier molecular flexibility index (Phi) is 2.41. The maximum atomic E-state index is 11.7. The molecule has 2 fully saturated rings. The van der Waals surface area contributed by atoms with Crippen LogP contribution in [-0.2, 0) is 14.3 Å². The van der Waals surface area contributed by atoms with Crippen LogP contribution in [0.5, 0.6) is 0 Å². The van der Waals surface area contributed by atoms with Crippen molar-refractivity contribution in [2.75, 3.05) is 12.3 Å². The molecule has 3 heterocycles. The molecular formula is C11H13N3O5. The van der Waals surface area contributed by atoms with Crippen molar-refractivity contribution in [3.05, 3.63) is 22.7 Å². The lowest BCUT2D eigenvalue weighted by molar-refractivity contribution is -0.151. The Morgan fingerprint density at radius 2 is 2.32 bits per heavy atom. The zero-order valence-electron chi connectivity index (χ0n) is 10.1. The summed E-state index contributed by atoms with van der Waals surface area (Å²) in [5, 5.41) is 10.3. The minimum Gasteiger partial charge on any atom is -0.462 e. The number of aliphatic hydroxyl groups excluding tert-OH is 1. The van der Waals surface area contributed by atoms with Crippen molar-refractivity contribution in [3.63, 3.8) is 0 Å². The van der Waals surface area contributed by atoms with Crippen molar-refractivity contribution in [3.8, 4) is 0 Å². The summed E-state index contributed by atoms with van der Waals surface area (Å²) in [6, 6.07) is 1.42. The highest BCUT2D eigenvalue weighted by Crippen LogP contribution is 2.47. The van der Waals surface area contributed by atoms with Crippen LogP contribution in [0.25, 0.3) is 0 Å². The largest absolute Gasteiger partial charge is 0.462 e. The Balaban J connectivity index is 2.01. The molecule has 1 aromatic rings. The fourth-order valence-electron chi connectivity index (χ4n) is 2.48. The number of nitrogens with two attached hydrogens (primary N) is 1. The van der Waals surface area contributed by atoms with Gasteiger partial charge >= 0.3 is 11.7 Å². The molecule has 19 heavy (non-hydrogen) atoms. The average molecular weight is 267 g/mol. The van der Waals surface area contributed by atoms with Gasteiger partial charge in [-0.15, -0.1) is 0 Å². The lowest BCUT2D eigenvalue weighted by Crippen LogP contribution is -2.42. The number of hydrogen-bond acceptors (Lipinski definition) is 7. The van der Waals surface area contributed by atoms with Gasteiger partial charge in [0.15, 0.2) is 6.23 Å². The van der Waals surface area contributed by atoms with Crippen LogP contribution in [0, 0.1) is 5.41 Å². The molecule has 0 spiro atoms. The highest BCUT2D eigenvalue weighted by molar-refractivity contribution is 5.80. The van der Waals surface area contributed by atoms with E-state index in [-0.39, 0.29) is 12.4 Å². The number of aromatic nitrogens is 2. The first kappa shape index (κ1) is 12.1. The summed E-state index contributed by atoms with van der Waals surface area (Å²) < 4.78 is 11.6. The van der Waals surface area contributed by atoms with Crippen LogP contribution in [0.1, 0.15) is 13.2 Å². The van der Waals surface area contributed by atoms with Gasteiger partial charge in [-0.05, 0) is 13.0 Å². The highest BCUT2D eigenvalue weighted by Gasteiger charge is 2.63. The molecule has 0 radical (unpaired) electrons. The maximum absolute atomic E-state index is 11.7. The Morgan fingerprint density at radius 3 is 2.95 bits per heavy atom. The molecule has 2 aliphatic heterocycles. The Hall–Kier alpha value is -1.93. The van der Waals surface area contributed by atoms with E-state index in [1.54, 1.807) is 6.92 Å². The number of aliphatic hydroxyl groups is 1. The number of nitrogens with zero attached hydrogens (tertiary/aromatic N) is 2. The summed E-state index contributed by atoms with van der Waals surface area (Å²) in [6.07, 6.45) is -1.35. The van der Waals surface area contributed by atoms with Crippen molar-refractivity contribution in [1.29, 1.82) is 0 Å². The van der Waals surface area contributed by atoms with Gasteiger partial charge in [0.1, 0.15) is 30.0 Å². The number of esters is 1. The number of nitrogen functional groups attached to an aromatic ring is 1. The molecule has 102 valence electrons. The summed E-state index contributed by atoms with van der Waals surface area (Å²) in [4.78, 5) is 27.0. The monoisotopic (exact) mass is 267 g/mol. The molecule has 0 aromatic carbocycles. The van der Waals surface area contributed by atoms with Gasteiger partial charge in [-0.3, -0.25) is 9.36 Å². The lowest BCUT2D eigenvalue weighted by atomic mass is 9.82. The Morgan fingerprint density at radius 1 is 1.58 bits per heavy atom. The second kappa shape index (κ2) is 3.78. The van der Waals surface area contributed by atoms with Crippen molar-refractivity contribution in [1.82, 2.24) is 9.55 Å². The van der Waals surface area contributed by atoms with E-state index < -0.39 is 35.5 Å². The minimum atomic E-state index is -1.18. The first-order chi connectivity index (χ1) is 8.94. The first-order valence-electron chi connectivity index (χ1n) is 5.80. The van der Waals surface area contributed by atoms with E-state index in [4.69, 9.17) is 15.2 Å². The van der Waals surface area contributed by atoms with Crippen LogP contribution in [-0.4, -0.2) is 39.4 Å². The molecule has 0 aliphatic carbocycles. The van der Waals surface area contributed by atoms with Gasteiger partial charge in [-0.1, -0.05) is 0 Å². The van der Waals surface area contributed by atoms with E-state index in [1.165, 1.54) is 12.3 Å². The summed E-state index contributed by atoms with van der Waals surface area (Å²) in [5.74, 6) is -0.441. The second-order valence-electron chi connectivity index (χ2n) is 4.88. The third-order valence-electron chi connectivity index (χ3n) is 3.79. The number of carbonyl (C=O) groups excluding carboxylic acids is 1. The fourth-order valence-corrected chi connectivity index (χ4v) is 2.48. The van der Waals surface area contributed by atoms with Crippen LogP contribution in [0.4, 0.5) is 5.82 Å². The van der Waals surface area contributed by atoms with E-state index in [2.05, 4.69) is 4.98 Å². The Labute approximate surface area is 107 Å². The molecule has 1 unspecified atom stereocenters. The van der Waals surface area contributed by atoms with E-state index in [1.807, 2.05) is 0 Å². The van der Waals surface area contributed by atoms with Crippen molar-refractivity contribution >= 4 is 11.8 Å². The third-order valence-corrected chi connectivity index (χ3v) is 3.79. The molecule has 0 bridgehead atoms. The van der Waals surface area contributed by atoms with Crippen molar-refractivity contribution in [2.24, 2.45) is 5.41 Å². The fraction of sp³-hybridized carbons (Fsp3) is 0.545.